The molecule has 1 aliphatic rings. The summed E-state index contributed by atoms with van der Waals surface area (Å²) in [6.07, 6.45) is 5.19. The molecular weight excluding hydrogens is 322 g/mol. The molecule has 1 aromatic carbocycles. The number of carboxylic acid groups (broad SMARTS) is 1. The minimum Gasteiger partial charge on any atom is -0.478 e. The van der Waals surface area contributed by atoms with Gasteiger partial charge < -0.3 is 14.7 Å². The molecule has 1 heterocycles. The van der Waals surface area contributed by atoms with Crippen LogP contribution in [0.2, 0.25) is 0 Å². The van der Waals surface area contributed by atoms with E-state index in [2.05, 4.69) is 20.8 Å². The van der Waals surface area contributed by atoms with Crippen molar-refractivity contribution < 1.29 is 14.6 Å². The van der Waals surface area contributed by atoms with Gasteiger partial charge in [0.1, 0.15) is 0 Å². The molecule has 1 N–H and O–H groups in total. The Balaban J connectivity index is 2.28. The lowest BCUT2D eigenvalue weighted by Gasteiger charge is -2.34. The maximum atomic E-state index is 10.7. The molecule has 1 unspecified atom stereocenters. The molecule has 0 aliphatic carbocycles. The third kappa shape index (κ3) is 3.84. The van der Waals surface area contributed by atoms with Crippen LogP contribution >= 0.6 is 15.9 Å². The van der Waals surface area contributed by atoms with Crippen LogP contribution in [0.15, 0.2) is 28.7 Å². The lowest BCUT2D eigenvalue weighted by atomic mass is 10.0. The summed E-state index contributed by atoms with van der Waals surface area (Å²) in [5, 5.41) is 8.78. The van der Waals surface area contributed by atoms with E-state index in [1.807, 2.05) is 18.2 Å². The van der Waals surface area contributed by atoms with Gasteiger partial charge in [-0.2, -0.15) is 0 Å². The second-order valence-electron chi connectivity index (χ2n) is 4.82. The number of carbonyl (C=O) groups is 1. The molecule has 0 saturated carbocycles. The Bertz CT molecular complexity index is 516. The van der Waals surface area contributed by atoms with E-state index >= 15 is 0 Å². The van der Waals surface area contributed by atoms with Crippen molar-refractivity contribution in [3.05, 3.63) is 34.3 Å². The highest BCUT2D eigenvalue weighted by Gasteiger charge is 2.21. The molecule has 108 valence electrons. The van der Waals surface area contributed by atoms with Crippen LogP contribution in [0, 0.1) is 0 Å². The van der Waals surface area contributed by atoms with E-state index in [-0.39, 0.29) is 6.10 Å². The van der Waals surface area contributed by atoms with E-state index in [9.17, 15) is 4.79 Å². The largest absolute Gasteiger partial charge is 0.478 e. The minimum atomic E-state index is -0.938. The Morgan fingerprint density at radius 3 is 3.05 bits per heavy atom. The van der Waals surface area contributed by atoms with Crippen molar-refractivity contribution in [2.45, 2.75) is 18.9 Å². The molecular formula is C15H18BrNO3. The molecule has 1 aromatic rings. The zero-order valence-corrected chi connectivity index (χ0v) is 13.0. The quantitative estimate of drug-likeness (QED) is 0.856. The van der Waals surface area contributed by atoms with Gasteiger partial charge in [0.15, 0.2) is 0 Å². The summed E-state index contributed by atoms with van der Waals surface area (Å²) in [4.78, 5) is 12.9. The average molecular weight is 340 g/mol. The molecule has 5 heteroatoms. The highest BCUT2D eigenvalue weighted by molar-refractivity contribution is 9.10. The summed E-state index contributed by atoms with van der Waals surface area (Å²) < 4.78 is 6.43. The molecule has 1 saturated heterocycles. The average Bonchev–Trinajstić information content (AvgIpc) is 2.46. The van der Waals surface area contributed by atoms with Gasteiger partial charge in [-0.25, -0.2) is 4.79 Å². The van der Waals surface area contributed by atoms with Gasteiger partial charge in [0.25, 0.3) is 0 Å². The predicted octanol–water partition coefficient (Wildman–Crippen LogP) is 3.16. The maximum Gasteiger partial charge on any atom is 0.328 e. The van der Waals surface area contributed by atoms with Crippen molar-refractivity contribution >= 4 is 33.7 Å². The predicted molar refractivity (Wildman–Crippen MR) is 83.1 cm³/mol. The van der Waals surface area contributed by atoms with Crippen molar-refractivity contribution in [3.8, 4) is 0 Å². The first-order valence-corrected chi connectivity index (χ1v) is 7.37. The normalized spacial score (nSPS) is 19.5. The van der Waals surface area contributed by atoms with E-state index in [0.29, 0.717) is 0 Å². The fraction of sp³-hybridized carbons (Fsp3) is 0.400. The van der Waals surface area contributed by atoms with Gasteiger partial charge in [-0.1, -0.05) is 22.0 Å². The second kappa shape index (κ2) is 6.90. The van der Waals surface area contributed by atoms with Crippen LogP contribution in [0.1, 0.15) is 18.4 Å². The van der Waals surface area contributed by atoms with Crippen molar-refractivity contribution in [2.24, 2.45) is 0 Å². The number of aliphatic carboxylic acids is 1. The minimum absolute atomic E-state index is 0.235. The van der Waals surface area contributed by atoms with Gasteiger partial charge in [0, 0.05) is 36.4 Å². The lowest BCUT2D eigenvalue weighted by Crippen LogP contribution is -2.39. The molecule has 0 spiro atoms. The molecule has 20 heavy (non-hydrogen) atoms. The Morgan fingerprint density at radius 2 is 2.35 bits per heavy atom. The summed E-state index contributed by atoms with van der Waals surface area (Å²) in [5.74, 6) is -0.938. The van der Waals surface area contributed by atoms with Crippen LogP contribution < -0.4 is 4.90 Å². The Hall–Kier alpha value is -1.33. The van der Waals surface area contributed by atoms with E-state index in [1.165, 1.54) is 6.08 Å². The third-order valence-corrected chi connectivity index (χ3v) is 3.94. The number of benzene rings is 1. The van der Waals surface area contributed by atoms with Gasteiger partial charge in [-0.05, 0) is 36.6 Å². The third-order valence-electron chi connectivity index (χ3n) is 3.45. The standard InChI is InChI=1S/C15H18BrNO3/c1-20-13-3-2-8-17(10-13)14-9-12(16)6-4-11(14)5-7-15(18)19/h4-7,9,13H,2-3,8,10H2,1H3,(H,18,19)/b7-5+. The molecule has 0 bridgehead atoms. The monoisotopic (exact) mass is 339 g/mol. The molecule has 1 fully saturated rings. The number of anilines is 1. The molecule has 1 aliphatic heterocycles. The zero-order chi connectivity index (χ0) is 14.5. The van der Waals surface area contributed by atoms with Crippen molar-refractivity contribution in [2.75, 3.05) is 25.1 Å². The van der Waals surface area contributed by atoms with Gasteiger partial charge in [-0.3, -0.25) is 0 Å². The maximum absolute atomic E-state index is 10.7. The summed E-state index contributed by atoms with van der Waals surface area (Å²) in [5.41, 5.74) is 1.95. The van der Waals surface area contributed by atoms with Crippen LogP contribution in [0.3, 0.4) is 0 Å². The molecule has 0 amide bonds. The Labute approximate surface area is 127 Å². The first-order chi connectivity index (χ1) is 9.60. The van der Waals surface area contributed by atoms with E-state index < -0.39 is 5.97 Å². The zero-order valence-electron chi connectivity index (χ0n) is 11.4. The lowest BCUT2D eigenvalue weighted by molar-refractivity contribution is -0.131. The molecule has 2 rings (SSSR count). The number of piperidine rings is 1. The number of halogens is 1. The smallest absolute Gasteiger partial charge is 0.328 e. The van der Waals surface area contributed by atoms with Crippen LogP contribution in [-0.4, -0.2) is 37.4 Å². The van der Waals surface area contributed by atoms with Gasteiger partial charge >= 0.3 is 5.97 Å². The number of ether oxygens (including phenoxy) is 1. The number of hydrogen-bond donors (Lipinski definition) is 1. The van der Waals surface area contributed by atoms with E-state index in [1.54, 1.807) is 13.2 Å². The van der Waals surface area contributed by atoms with Crippen LogP contribution in [-0.2, 0) is 9.53 Å². The fourth-order valence-corrected chi connectivity index (χ4v) is 2.79. The van der Waals surface area contributed by atoms with Crippen LogP contribution in [0.5, 0.6) is 0 Å². The first-order valence-electron chi connectivity index (χ1n) is 6.58. The second-order valence-corrected chi connectivity index (χ2v) is 5.74. The number of rotatable bonds is 4. The van der Waals surface area contributed by atoms with Crippen molar-refractivity contribution in [1.29, 1.82) is 0 Å². The molecule has 0 radical (unpaired) electrons. The van der Waals surface area contributed by atoms with Gasteiger partial charge in [-0.15, -0.1) is 0 Å². The van der Waals surface area contributed by atoms with Gasteiger partial charge in [0.2, 0.25) is 0 Å². The van der Waals surface area contributed by atoms with Gasteiger partial charge in [0.05, 0.1) is 6.10 Å². The number of hydrogen-bond acceptors (Lipinski definition) is 3. The fourth-order valence-electron chi connectivity index (χ4n) is 2.44. The van der Waals surface area contributed by atoms with Crippen molar-refractivity contribution in [1.82, 2.24) is 0 Å². The summed E-state index contributed by atoms with van der Waals surface area (Å²) >= 11 is 3.48. The summed E-state index contributed by atoms with van der Waals surface area (Å²) in [7, 11) is 1.74. The van der Waals surface area contributed by atoms with Crippen LogP contribution in [0.25, 0.3) is 6.08 Å². The number of carboxylic acids is 1. The SMILES string of the molecule is COC1CCCN(c2cc(Br)ccc2/C=C/C(=O)O)C1. The van der Waals surface area contributed by atoms with Crippen LogP contribution in [0.4, 0.5) is 5.69 Å². The Morgan fingerprint density at radius 1 is 1.55 bits per heavy atom. The topological polar surface area (TPSA) is 49.8 Å². The van der Waals surface area contributed by atoms with E-state index in [0.717, 1.165) is 41.7 Å². The summed E-state index contributed by atoms with van der Waals surface area (Å²) in [6.45, 7) is 1.80. The number of nitrogens with zero attached hydrogens (tertiary/aromatic N) is 1. The highest BCUT2D eigenvalue weighted by Crippen LogP contribution is 2.29. The highest BCUT2D eigenvalue weighted by atomic mass is 79.9. The Kier molecular flexibility index (Phi) is 5.20. The molecule has 4 nitrogen and oxygen atoms in total. The summed E-state index contributed by atoms with van der Waals surface area (Å²) in [6, 6.07) is 5.87. The molecule has 0 aromatic heterocycles. The van der Waals surface area contributed by atoms with E-state index in [4.69, 9.17) is 9.84 Å². The molecule has 1 atom stereocenters. The number of methoxy groups -OCH3 is 1. The van der Waals surface area contributed by atoms with Crippen molar-refractivity contribution in [3.63, 3.8) is 0 Å². The first kappa shape index (κ1) is 15.1.